The summed E-state index contributed by atoms with van der Waals surface area (Å²) < 4.78 is 8.26. The van der Waals surface area contributed by atoms with E-state index in [1.165, 1.54) is 5.56 Å². The molecule has 162 valence electrons. The molecule has 0 spiro atoms. The second-order valence-corrected chi connectivity index (χ2v) is 8.69. The molecule has 1 amide bonds. The summed E-state index contributed by atoms with van der Waals surface area (Å²) in [5.41, 5.74) is 3.85. The van der Waals surface area contributed by atoms with Gasteiger partial charge in [0.15, 0.2) is 5.82 Å². The number of rotatable bonds is 7. The molecule has 7 heteroatoms. The Morgan fingerprint density at radius 3 is 2.34 bits per heavy atom. The third-order valence-electron chi connectivity index (χ3n) is 4.85. The zero-order valence-corrected chi connectivity index (χ0v) is 19.7. The first-order valence-electron chi connectivity index (χ1n) is 10.0. The van der Waals surface area contributed by atoms with Crippen molar-refractivity contribution in [3.63, 3.8) is 0 Å². The first-order chi connectivity index (χ1) is 15.5. The van der Waals surface area contributed by atoms with E-state index in [2.05, 4.69) is 57.5 Å². The van der Waals surface area contributed by atoms with E-state index in [1.54, 1.807) is 28.9 Å². The van der Waals surface area contributed by atoms with E-state index in [9.17, 15) is 4.79 Å². The molecule has 0 saturated heterocycles. The van der Waals surface area contributed by atoms with Crippen LogP contribution in [-0.4, -0.2) is 15.7 Å². The molecule has 0 saturated carbocycles. The van der Waals surface area contributed by atoms with Gasteiger partial charge in [0.1, 0.15) is 12.4 Å². The minimum Gasteiger partial charge on any atom is -0.489 e. The summed E-state index contributed by atoms with van der Waals surface area (Å²) in [5.74, 6) is 0.996. The van der Waals surface area contributed by atoms with Crippen LogP contribution < -0.4 is 10.1 Å². The Bertz CT molecular complexity index is 1200. The zero-order valence-electron chi connectivity index (χ0n) is 17.4. The van der Waals surface area contributed by atoms with Crippen LogP contribution in [0, 0.1) is 6.92 Å². The lowest BCUT2D eigenvalue weighted by Crippen LogP contribution is -2.13. The number of amides is 1. The van der Waals surface area contributed by atoms with Gasteiger partial charge in [0, 0.05) is 16.8 Å². The van der Waals surface area contributed by atoms with Crippen LogP contribution in [0.25, 0.3) is 0 Å². The summed E-state index contributed by atoms with van der Waals surface area (Å²) in [6.07, 6.45) is 1.85. The maximum atomic E-state index is 12.7. The van der Waals surface area contributed by atoms with E-state index in [-0.39, 0.29) is 5.91 Å². The van der Waals surface area contributed by atoms with Crippen LogP contribution in [0.15, 0.2) is 83.5 Å². The summed E-state index contributed by atoms with van der Waals surface area (Å²) in [6, 6.07) is 22.8. The molecular formula is C25H21BrClN3O2. The number of anilines is 1. The highest BCUT2D eigenvalue weighted by molar-refractivity contribution is 9.10. The van der Waals surface area contributed by atoms with Crippen molar-refractivity contribution in [2.24, 2.45) is 0 Å². The maximum Gasteiger partial charge on any atom is 0.256 e. The summed E-state index contributed by atoms with van der Waals surface area (Å²) in [6.45, 7) is 3.08. The molecule has 0 aliphatic carbocycles. The van der Waals surface area contributed by atoms with Gasteiger partial charge in [-0.25, -0.2) is 0 Å². The van der Waals surface area contributed by atoms with Crippen molar-refractivity contribution < 1.29 is 9.53 Å². The van der Waals surface area contributed by atoms with Gasteiger partial charge in [-0.15, -0.1) is 0 Å². The second-order valence-electron chi connectivity index (χ2n) is 7.40. The van der Waals surface area contributed by atoms with E-state index >= 15 is 0 Å². The number of carbonyl (C=O) groups is 1. The van der Waals surface area contributed by atoms with Crippen LogP contribution in [-0.2, 0) is 13.2 Å². The Morgan fingerprint density at radius 2 is 1.66 bits per heavy atom. The second kappa shape index (κ2) is 10.0. The van der Waals surface area contributed by atoms with E-state index < -0.39 is 0 Å². The van der Waals surface area contributed by atoms with E-state index in [4.69, 9.17) is 16.3 Å². The Balaban J connectivity index is 1.35. The van der Waals surface area contributed by atoms with E-state index in [0.29, 0.717) is 29.6 Å². The highest BCUT2D eigenvalue weighted by atomic mass is 79.9. The van der Waals surface area contributed by atoms with Gasteiger partial charge in [-0.05, 0) is 70.4 Å². The van der Waals surface area contributed by atoms with Crippen molar-refractivity contribution in [1.82, 2.24) is 9.78 Å². The molecule has 4 aromatic rings. The molecule has 1 aromatic heterocycles. The van der Waals surface area contributed by atoms with Gasteiger partial charge in [0.05, 0.1) is 11.0 Å². The molecule has 0 aliphatic heterocycles. The van der Waals surface area contributed by atoms with Gasteiger partial charge < -0.3 is 10.1 Å². The lowest BCUT2D eigenvalue weighted by Gasteiger charge is -2.08. The van der Waals surface area contributed by atoms with Crippen molar-refractivity contribution in [2.45, 2.75) is 20.1 Å². The van der Waals surface area contributed by atoms with E-state index in [0.717, 1.165) is 21.3 Å². The fraction of sp³-hybridized carbons (Fsp3) is 0.120. The summed E-state index contributed by atoms with van der Waals surface area (Å²) in [4.78, 5) is 12.7. The molecule has 0 fully saturated rings. The van der Waals surface area contributed by atoms with Gasteiger partial charge >= 0.3 is 0 Å². The number of benzene rings is 3. The molecule has 4 rings (SSSR count). The quantitative estimate of drug-likeness (QED) is 0.309. The average molecular weight is 511 g/mol. The summed E-state index contributed by atoms with van der Waals surface area (Å²) in [7, 11) is 0. The van der Waals surface area contributed by atoms with Gasteiger partial charge in [-0.1, -0.05) is 53.6 Å². The van der Waals surface area contributed by atoms with Gasteiger partial charge in [0.25, 0.3) is 5.91 Å². The lowest BCUT2D eigenvalue weighted by atomic mass is 10.1. The third kappa shape index (κ3) is 5.78. The number of nitrogens with one attached hydrogen (secondary N) is 1. The number of carbonyl (C=O) groups excluding carboxylic acids is 1. The van der Waals surface area contributed by atoms with E-state index in [1.807, 2.05) is 30.5 Å². The van der Waals surface area contributed by atoms with Crippen LogP contribution >= 0.6 is 27.5 Å². The van der Waals surface area contributed by atoms with Crippen LogP contribution in [0.2, 0.25) is 5.02 Å². The molecule has 0 radical (unpaired) electrons. The first kappa shape index (κ1) is 22.1. The van der Waals surface area contributed by atoms with Crippen LogP contribution in [0.3, 0.4) is 0 Å². The fourth-order valence-corrected chi connectivity index (χ4v) is 3.61. The molecule has 0 unspecified atom stereocenters. The number of aryl methyl sites for hydroxylation is 1. The number of aromatic nitrogens is 2. The third-order valence-corrected chi connectivity index (χ3v) is 5.68. The number of nitrogens with zero attached hydrogens (tertiary/aromatic N) is 2. The molecular weight excluding hydrogens is 490 g/mol. The van der Waals surface area contributed by atoms with Gasteiger partial charge in [-0.3, -0.25) is 9.48 Å². The molecule has 0 aliphatic rings. The monoisotopic (exact) mass is 509 g/mol. The SMILES string of the molecule is Cc1ccc(Cn2cc(Br)c(NC(=O)c3ccc(COc4ccc(Cl)cc4)cc3)n2)cc1. The normalized spacial score (nSPS) is 10.7. The Hall–Kier alpha value is -3.09. The molecule has 5 nitrogen and oxygen atoms in total. The van der Waals surface area contributed by atoms with Crippen molar-refractivity contribution in [2.75, 3.05) is 5.32 Å². The van der Waals surface area contributed by atoms with Crippen molar-refractivity contribution in [3.8, 4) is 5.75 Å². The highest BCUT2D eigenvalue weighted by Gasteiger charge is 2.12. The number of hydrogen-bond donors (Lipinski definition) is 1. The van der Waals surface area contributed by atoms with Crippen molar-refractivity contribution >= 4 is 39.3 Å². The maximum absolute atomic E-state index is 12.7. The molecule has 1 heterocycles. The van der Waals surface area contributed by atoms with Gasteiger partial charge in [0.2, 0.25) is 0 Å². The van der Waals surface area contributed by atoms with Crippen LogP contribution in [0.4, 0.5) is 5.82 Å². The highest BCUT2D eigenvalue weighted by Crippen LogP contribution is 2.22. The molecule has 3 aromatic carbocycles. The predicted octanol–water partition coefficient (Wildman–Crippen LogP) is 6.49. The Morgan fingerprint density at radius 1 is 1.00 bits per heavy atom. The van der Waals surface area contributed by atoms with Crippen LogP contribution in [0.5, 0.6) is 5.75 Å². The fourth-order valence-electron chi connectivity index (χ4n) is 3.07. The number of halogens is 2. The molecule has 32 heavy (non-hydrogen) atoms. The summed E-state index contributed by atoms with van der Waals surface area (Å²) in [5, 5.41) is 8.02. The molecule has 0 atom stereocenters. The van der Waals surface area contributed by atoms with Crippen molar-refractivity contribution in [1.29, 1.82) is 0 Å². The Labute approximate surface area is 200 Å². The average Bonchev–Trinajstić information content (AvgIpc) is 3.13. The van der Waals surface area contributed by atoms with Crippen LogP contribution in [0.1, 0.15) is 27.0 Å². The predicted molar refractivity (Wildman–Crippen MR) is 130 cm³/mol. The Kier molecular flexibility index (Phi) is 6.93. The lowest BCUT2D eigenvalue weighted by molar-refractivity contribution is 0.102. The van der Waals surface area contributed by atoms with Gasteiger partial charge in [-0.2, -0.15) is 5.10 Å². The smallest absolute Gasteiger partial charge is 0.256 e. The number of ether oxygens (including phenoxy) is 1. The minimum atomic E-state index is -0.226. The minimum absolute atomic E-state index is 0.226. The standard InChI is InChI=1S/C25H21BrClN3O2/c1-17-2-4-18(5-3-17)14-30-15-23(26)24(29-30)28-25(31)20-8-6-19(7-9-20)16-32-22-12-10-21(27)11-13-22/h2-13,15H,14,16H2,1H3,(H,28,29,31). The first-order valence-corrected chi connectivity index (χ1v) is 11.2. The topological polar surface area (TPSA) is 56.2 Å². The largest absolute Gasteiger partial charge is 0.489 e. The molecule has 1 N–H and O–H groups in total. The van der Waals surface area contributed by atoms with Crippen molar-refractivity contribution in [3.05, 3.63) is 111 Å². The summed E-state index contributed by atoms with van der Waals surface area (Å²) >= 11 is 9.36. The number of hydrogen-bond acceptors (Lipinski definition) is 3. The zero-order chi connectivity index (χ0) is 22.5. The molecule has 0 bridgehead atoms.